The Morgan fingerprint density at radius 3 is 2.36 bits per heavy atom. The maximum Gasteiger partial charge on any atom is 0.411 e. The van der Waals surface area contributed by atoms with Gasteiger partial charge in [-0.25, -0.2) is 4.79 Å². The van der Waals surface area contributed by atoms with Crippen LogP contribution >= 0.6 is 0 Å². The predicted octanol–water partition coefficient (Wildman–Crippen LogP) is 3.42. The van der Waals surface area contributed by atoms with Gasteiger partial charge in [-0.1, -0.05) is 49.6 Å². The molecule has 4 rings (SSSR count). The number of piperazine rings is 1. The average Bonchev–Trinajstić information content (AvgIpc) is 3.20. The highest BCUT2D eigenvalue weighted by molar-refractivity contribution is 5.70. The van der Waals surface area contributed by atoms with Gasteiger partial charge in [0.1, 0.15) is 0 Å². The Hall–Kier alpha value is -2.16. The summed E-state index contributed by atoms with van der Waals surface area (Å²) in [5.41, 5.74) is 1.41. The first kappa shape index (κ1) is 26.9. The molecular formula is C28H44N4O4. The van der Waals surface area contributed by atoms with Crippen molar-refractivity contribution in [2.75, 3.05) is 60.0 Å². The summed E-state index contributed by atoms with van der Waals surface area (Å²) in [5, 5.41) is 0. The number of cyclic esters (lactones) is 1. The molecule has 0 spiro atoms. The molecule has 8 nitrogen and oxygen atoms in total. The second-order valence-corrected chi connectivity index (χ2v) is 10.6. The van der Waals surface area contributed by atoms with E-state index in [9.17, 15) is 9.59 Å². The molecule has 0 bridgehead atoms. The van der Waals surface area contributed by atoms with Gasteiger partial charge in [0.05, 0.1) is 19.6 Å². The zero-order valence-corrected chi connectivity index (χ0v) is 22.1. The maximum atomic E-state index is 12.4. The van der Waals surface area contributed by atoms with Crippen LogP contribution in [0.4, 0.5) is 4.79 Å². The zero-order valence-electron chi connectivity index (χ0n) is 22.1. The van der Waals surface area contributed by atoms with Crippen molar-refractivity contribution >= 4 is 12.1 Å². The van der Waals surface area contributed by atoms with E-state index < -0.39 is 0 Å². The summed E-state index contributed by atoms with van der Waals surface area (Å²) in [4.78, 5) is 32.8. The van der Waals surface area contributed by atoms with Gasteiger partial charge in [0, 0.05) is 46.3 Å². The Balaban J connectivity index is 1.14. The van der Waals surface area contributed by atoms with E-state index in [0.29, 0.717) is 6.42 Å². The van der Waals surface area contributed by atoms with Crippen molar-refractivity contribution in [2.24, 2.45) is 5.92 Å². The van der Waals surface area contributed by atoms with Crippen molar-refractivity contribution in [3.63, 3.8) is 0 Å². The molecule has 3 fully saturated rings. The average molecular weight is 501 g/mol. The minimum Gasteiger partial charge on any atom is -0.469 e. The summed E-state index contributed by atoms with van der Waals surface area (Å²) in [7, 11) is 3.31. The number of ether oxygens (including phenoxy) is 2. The predicted molar refractivity (Wildman–Crippen MR) is 139 cm³/mol. The van der Waals surface area contributed by atoms with E-state index in [1.165, 1.54) is 51.4 Å². The van der Waals surface area contributed by atoms with Gasteiger partial charge >= 0.3 is 12.1 Å². The standard InChI is InChI=1S/C28H44N4O4/c1-29-25(27(36-28(29)34)32-20-18-30(19-21-32)17-14-26(33)35-2)11-7-6-8-23-12-15-31(16-13-23)22-24-9-4-3-5-10-24/h3-5,9-10,23,25,27H,6-8,11-22H2,1-2H3. The minimum atomic E-state index is -0.205. The van der Waals surface area contributed by atoms with Gasteiger partial charge < -0.3 is 19.3 Å². The van der Waals surface area contributed by atoms with E-state index in [1.807, 2.05) is 7.05 Å². The summed E-state index contributed by atoms with van der Waals surface area (Å²) >= 11 is 0. The van der Waals surface area contributed by atoms with Crippen molar-refractivity contribution in [1.29, 1.82) is 0 Å². The van der Waals surface area contributed by atoms with Gasteiger partial charge in [0.2, 0.25) is 0 Å². The van der Waals surface area contributed by atoms with Gasteiger partial charge in [-0.05, 0) is 43.8 Å². The topological polar surface area (TPSA) is 65.6 Å². The number of hydrogen-bond donors (Lipinski definition) is 0. The third-order valence-electron chi connectivity index (χ3n) is 8.28. The SMILES string of the molecule is COC(=O)CCN1CCN(C2OC(=O)N(C)C2CCCCC2CCN(Cc3ccccc3)CC2)CC1. The molecule has 1 aromatic carbocycles. The molecule has 3 saturated heterocycles. The summed E-state index contributed by atoms with van der Waals surface area (Å²) in [6.45, 7) is 7.64. The van der Waals surface area contributed by atoms with Crippen molar-refractivity contribution < 1.29 is 19.1 Å². The first-order valence-electron chi connectivity index (χ1n) is 13.8. The molecule has 0 saturated carbocycles. The fourth-order valence-electron chi connectivity index (χ4n) is 5.90. The Morgan fingerprint density at radius 1 is 0.972 bits per heavy atom. The number of amides is 1. The lowest BCUT2D eigenvalue weighted by Gasteiger charge is -2.38. The molecule has 3 aliphatic rings. The van der Waals surface area contributed by atoms with Gasteiger partial charge in [0.15, 0.2) is 6.23 Å². The van der Waals surface area contributed by atoms with Crippen LogP contribution in [0.5, 0.6) is 0 Å². The Morgan fingerprint density at radius 2 is 1.67 bits per heavy atom. The van der Waals surface area contributed by atoms with Crippen molar-refractivity contribution in [3.05, 3.63) is 35.9 Å². The van der Waals surface area contributed by atoms with Crippen molar-refractivity contribution in [3.8, 4) is 0 Å². The molecule has 3 aliphatic heterocycles. The van der Waals surface area contributed by atoms with Crippen LogP contribution in [0.3, 0.4) is 0 Å². The molecule has 3 heterocycles. The lowest BCUT2D eigenvalue weighted by Crippen LogP contribution is -2.54. The van der Waals surface area contributed by atoms with E-state index in [2.05, 4.69) is 45.0 Å². The number of carbonyl (C=O) groups excluding carboxylic acids is 2. The number of nitrogens with zero attached hydrogens (tertiary/aromatic N) is 4. The molecule has 2 unspecified atom stereocenters. The highest BCUT2D eigenvalue weighted by Crippen LogP contribution is 2.28. The van der Waals surface area contributed by atoms with Gasteiger partial charge in [0.25, 0.3) is 0 Å². The molecule has 0 aromatic heterocycles. The number of unbranched alkanes of at least 4 members (excludes halogenated alkanes) is 1. The molecule has 0 N–H and O–H groups in total. The zero-order chi connectivity index (χ0) is 25.3. The van der Waals surface area contributed by atoms with Gasteiger partial charge in [-0.15, -0.1) is 0 Å². The normalized spacial score (nSPS) is 24.7. The van der Waals surface area contributed by atoms with E-state index in [-0.39, 0.29) is 24.3 Å². The number of piperidine rings is 1. The van der Waals surface area contributed by atoms with Crippen LogP contribution in [-0.2, 0) is 20.8 Å². The van der Waals surface area contributed by atoms with Crippen LogP contribution in [0, 0.1) is 5.92 Å². The Kier molecular flexibility index (Phi) is 10.0. The smallest absolute Gasteiger partial charge is 0.411 e. The van der Waals surface area contributed by atoms with E-state index >= 15 is 0 Å². The molecule has 2 atom stereocenters. The second kappa shape index (κ2) is 13.4. The van der Waals surface area contributed by atoms with Crippen LogP contribution in [0.1, 0.15) is 50.5 Å². The number of likely N-dealkylation sites (tertiary alicyclic amines) is 1. The Labute approximate surface area is 216 Å². The number of benzene rings is 1. The Bertz CT molecular complexity index is 822. The van der Waals surface area contributed by atoms with Crippen LogP contribution in [0.25, 0.3) is 0 Å². The number of rotatable bonds is 11. The highest BCUT2D eigenvalue weighted by atomic mass is 16.6. The molecule has 1 amide bonds. The summed E-state index contributed by atoms with van der Waals surface area (Å²) in [6, 6.07) is 10.9. The van der Waals surface area contributed by atoms with Crippen LogP contribution in [-0.4, -0.2) is 104 Å². The molecule has 8 heteroatoms. The van der Waals surface area contributed by atoms with Crippen LogP contribution in [0.15, 0.2) is 30.3 Å². The number of esters is 1. The van der Waals surface area contributed by atoms with E-state index in [1.54, 1.807) is 4.90 Å². The molecular weight excluding hydrogens is 456 g/mol. The third-order valence-corrected chi connectivity index (χ3v) is 8.28. The number of hydrogen-bond acceptors (Lipinski definition) is 7. The fraction of sp³-hybridized carbons (Fsp3) is 0.714. The quantitative estimate of drug-likeness (QED) is 0.341. The first-order valence-corrected chi connectivity index (χ1v) is 13.8. The fourth-order valence-corrected chi connectivity index (χ4v) is 5.90. The van der Waals surface area contributed by atoms with Crippen LogP contribution < -0.4 is 0 Å². The van der Waals surface area contributed by atoms with Gasteiger partial charge in [-0.2, -0.15) is 0 Å². The maximum absolute atomic E-state index is 12.4. The monoisotopic (exact) mass is 500 g/mol. The van der Waals surface area contributed by atoms with Gasteiger partial charge in [-0.3, -0.25) is 14.6 Å². The summed E-state index contributed by atoms with van der Waals surface area (Å²) in [5.74, 6) is 0.659. The summed E-state index contributed by atoms with van der Waals surface area (Å²) in [6.07, 6.45) is 7.26. The number of carbonyl (C=O) groups is 2. The first-order chi connectivity index (χ1) is 17.5. The summed E-state index contributed by atoms with van der Waals surface area (Å²) < 4.78 is 10.6. The molecule has 0 radical (unpaired) electrons. The minimum absolute atomic E-state index is 0.117. The van der Waals surface area contributed by atoms with Crippen molar-refractivity contribution in [1.82, 2.24) is 19.6 Å². The second-order valence-electron chi connectivity index (χ2n) is 10.6. The van der Waals surface area contributed by atoms with E-state index in [4.69, 9.17) is 9.47 Å². The third kappa shape index (κ3) is 7.43. The molecule has 36 heavy (non-hydrogen) atoms. The highest BCUT2D eigenvalue weighted by Gasteiger charge is 2.43. The van der Waals surface area contributed by atoms with E-state index in [0.717, 1.165) is 58.0 Å². The molecule has 1 aromatic rings. The largest absolute Gasteiger partial charge is 0.469 e. The molecule has 0 aliphatic carbocycles. The number of likely N-dealkylation sites (N-methyl/N-ethyl adjacent to an activating group) is 1. The molecule has 200 valence electrons. The van der Waals surface area contributed by atoms with Crippen molar-refractivity contribution in [2.45, 2.75) is 63.8 Å². The lowest BCUT2D eigenvalue weighted by molar-refractivity contribution is -0.141. The lowest BCUT2D eigenvalue weighted by atomic mass is 9.90. The number of methoxy groups -OCH3 is 1. The van der Waals surface area contributed by atoms with Crippen LogP contribution in [0.2, 0.25) is 0 Å².